The van der Waals surface area contributed by atoms with Crippen molar-refractivity contribution in [3.05, 3.63) is 41.5 Å². The smallest absolute Gasteiger partial charge is 0.192 e. The number of benzene rings is 1. The Morgan fingerprint density at radius 1 is 1.35 bits per heavy atom. The monoisotopic (exact) mass is 543 g/mol. The summed E-state index contributed by atoms with van der Waals surface area (Å²) in [5.41, 5.74) is 0.203. The number of hydrogen-bond donors (Lipinski definition) is 3. The number of likely N-dealkylation sites (N-methyl/N-ethyl adjacent to an activating group) is 1. The van der Waals surface area contributed by atoms with E-state index >= 15 is 0 Å². The van der Waals surface area contributed by atoms with Gasteiger partial charge in [0.25, 0.3) is 0 Å². The molecule has 1 aliphatic rings. The Morgan fingerprint density at radius 2 is 2.10 bits per heavy atom. The summed E-state index contributed by atoms with van der Waals surface area (Å²) >= 11 is 0. The zero-order valence-corrected chi connectivity index (χ0v) is 21.3. The number of ether oxygens (including phenoxy) is 1. The van der Waals surface area contributed by atoms with Crippen molar-refractivity contribution in [3.63, 3.8) is 0 Å². The molecular formula is C21H34IN7O2. The first-order valence-corrected chi connectivity index (χ1v) is 10.2. The first kappa shape index (κ1) is 25.3. The van der Waals surface area contributed by atoms with Crippen LogP contribution in [0.5, 0.6) is 5.75 Å². The highest BCUT2D eigenvalue weighted by Crippen LogP contribution is 2.31. The van der Waals surface area contributed by atoms with Crippen LogP contribution in [0, 0.1) is 6.92 Å². The lowest BCUT2D eigenvalue weighted by Crippen LogP contribution is -2.50. The molecular weight excluding hydrogens is 509 g/mol. The van der Waals surface area contributed by atoms with Gasteiger partial charge in [0.2, 0.25) is 0 Å². The number of aryl methyl sites for hydroxylation is 1. The maximum absolute atomic E-state index is 10.7. The Labute approximate surface area is 201 Å². The summed E-state index contributed by atoms with van der Waals surface area (Å²) in [5, 5.41) is 25.8. The molecule has 0 spiro atoms. The Bertz CT molecular complexity index is 882. The van der Waals surface area contributed by atoms with Crippen LogP contribution in [0.1, 0.15) is 36.6 Å². The summed E-state index contributed by atoms with van der Waals surface area (Å²) in [4.78, 5) is 6.68. The van der Waals surface area contributed by atoms with E-state index in [0.29, 0.717) is 32.2 Å². The van der Waals surface area contributed by atoms with E-state index in [1.807, 2.05) is 62.7 Å². The third-order valence-electron chi connectivity index (χ3n) is 5.12. The number of para-hydroxylation sites is 1. The van der Waals surface area contributed by atoms with E-state index < -0.39 is 5.60 Å². The molecule has 10 heteroatoms. The van der Waals surface area contributed by atoms with E-state index in [1.54, 1.807) is 0 Å². The van der Waals surface area contributed by atoms with Crippen LogP contribution in [-0.2, 0) is 13.6 Å². The van der Waals surface area contributed by atoms with E-state index in [2.05, 4.69) is 26.9 Å². The highest BCUT2D eigenvalue weighted by molar-refractivity contribution is 14.0. The van der Waals surface area contributed by atoms with E-state index in [-0.39, 0.29) is 30.0 Å². The number of nitrogens with zero attached hydrogens (tertiary/aromatic N) is 5. The van der Waals surface area contributed by atoms with Gasteiger partial charge in [0.1, 0.15) is 18.1 Å². The van der Waals surface area contributed by atoms with Crippen molar-refractivity contribution in [2.75, 3.05) is 33.8 Å². The molecule has 0 fully saturated rings. The molecule has 0 radical (unpaired) electrons. The van der Waals surface area contributed by atoms with Gasteiger partial charge in [-0.1, -0.05) is 18.2 Å². The van der Waals surface area contributed by atoms with Gasteiger partial charge in [-0.15, -0.1) is 34.2 Å². The SMILES string of the molecule is Cc1nnc(CN=C(NCC(C)(O)CN(C)C)NC2CCOc3ccccc32)n1C.I. The largest absolute Gasteiger partial charge is 0.493 e. The molecule has 9 nitrogen and oxygen atoms in total. The topological polar surface area (TPSA) is 99.8 Å². The lowest BCUT2D eigenvalue weighted by atomic mass is 10.0. The molecule has 172 valence electrons. The zero-order valence-electron chi connectivity index (χ0n) is 18.9. The predicted octanol–water partition coefficient (Wildman–Crippen LogP) is 1.61. The molecule has 0 saturated carbocycles. The molecule has 1 aromatic heterocycles. The summed E-state index contributed by atoms with van der Waals surface area (Å²) in [6.07, 6.45) is 0.828. The number of rotatable bonds is 7. The molecule has 2 heterocycles. The van der Waals surface area contributed by atoms with Crippen molar-refractivity contribution < 1.29 is 9.84 Å². The van der Waals surface area contributed by atoms with Gasteiger partial charge in [0.05, 0.1) is 18.2 Å². The Hall–Kier alpha value is -1.92. The first-order valence-electron chi connectivity index (χ1n) is 10.2. The summed E-state index contributed by atoms with van der Waals surface area (Å²) in [6.45, 7) is 5.65. The number of halogens is 1. The van der Waals surface area contributed by atoms with Gasteiger partial charge >= 0.3 is 0 Å². The molecule has 0 amide bonds. The molecule has 3 rings (SSSR count). The second-order valence-electron chi connectivity index (χ2n) is 8.35. The van der Waals surface area contributed by atoms with Crippen LogP contribution >= 0.6 is 24.0 Å². The van der Waals surface area contributed by atoms with E-state index in [0.717, 1.165) is 29.4 Å². The van der Waals surface area contributed by atoms with Gasteiger partial charge in [0.15, 0.2) is 11.8 Å². The third-order valence-corrected chi connectivity index (χ3v) is 5.12. The van der Waals surface area contributed by atoms with Crippen LogP contribution < -0.4 is 15.4 Å². The van der Waals surface area contributed by atoms with Crippen LogP contribution in [0.3, 0.4) is 0 Å². The predicted molar refractivity (Wildman–Crippen MR) is 132 cm³/mol. The van der Waals surface area contributed by atoms with Gasteiger partial charge in [-0.2, -0.15) is 0 Å². The second-order valence-corrected chi connectivity index (χ2v) is 8.35. The van der Waals surface area contributed by atoms with Crippen LogP contribution in [0.25, 0.3) is 0 Å². The number of nitrogens with one attached hydrogen (secondary N) is 2. The van der Waals surface area contributed by atoms with Crippen molar-refractivity contribution in [1.29, 1.82) is 0 Å². The van der Waals surface area contributed by atoms with Crippen molar-refractivity contribution in [2.24, 2.45) is 12.0 Å². The molecule has 2 aromatic rings. The molecule has 2 atom stereocenters. The quantitative estimate of drug-likeness (QED) is 0.277. The summed E-state index contributed by atoms with van der Waals surface area (Å²) in [6, 6.07) is 8.11. The van der Waals surface area contributed by atoms with Crippen molar-refractivity contribution in [1.82, 2.24) is 30.3 Å². The number of fused-ring (bicyclic) bond motifs is 1. The minimum Gasteiger partial charge on any atom is -0.493 e. The molecule has 0 bridgehead atoms. The van der Waals surface area contributed by atoms with Crippen LogP contribution in [0.15, 0.2) is 29.3 Å². The fraction of sp³-hybridized carbons (Fsp3) is 0.571. The Morgan fingerprint density at radius 3 is 2.77 bits per heavy atom. The number of aliphatic imine (C=N–C) groups is 1. The average Bonchev–Trinajstić information content (AvgIpc) is 3.01. The van der Waals surface area contributed by atoms with E-state index in [9.17, 15) is 5.11 Å². The Kier molecular flexibility index (Phi) is 9.07. The number of guanidine groups is 1. The molecule has 1 aliphatic heterocycles. The number of aromatic nitrogens is 3. The zero-order chi connectivity index (χ0) is 21.7. The molecule has 2 unspecified atom stereocenters. The van der Waals surface area contributed by atoms with Crippen molar-refractivity contribution >= 4 is 29.9 Å². The van der Waals surface area contributed by atoms with Gasteiger partial charge in [-0.05, 0) is 34.0 Å². The lowest BCUT2D eigenvalue weighted by molar-refractivity contribution is 0.0376. The number of aliphatic hydroxyl groups is 1. The third kappa shape index (κ3) is 7.04. The molecule has 3 N–H and O–H groups in total. The van der Waals surface area contributed by atoms with Gasteiger partial charge in [-0.3, -0.25) is 0 Å². The van der Waals surface area contributed by atoms with Gasteiger partial charge in [0, 0.05) is 32.1 Å². The standard InChI is InChI=1S/C21H33N7O2.HI/c1-15-25-26-19(28(15)5)12-22-20(23-13-21(2,29)14-27(3)4)24-17-10-11-30-18-9-7-6-8-16(17)18;/h6-9,17,29H,10-14H2,1-5H3,(H2,22,23,24);1H. The summed E-state index contributed by atoms with van der Waals surface area (Å²) in [5.74, 6) is 3.14. The highest BCUT2D eigenvalue weighted by Gasteiger charge is 2.25. The molecule has 1 aromatic carbocycles. The van der Waals surface area contributed by atoms with E-state index in [1.165, 1.54) is 0 Å². The fourth-order valence-electron chi connectivity index (χ4n) is 3.56. The van der Waals surface area contributed by atoms with Crippen LogP contribution in [0.4, 0.5) is 0 Å². The summed E-state index contributed by atoms with van der Waals surface area (Å²) in [7, 11) is 5.81. The average molecular weight is 543 g/mol. The van der Waals surface area contributed by atoms with Crippen molar-refractivity contribution in [2.45, 2.75) is 38.5 Å². The first-order chi connectivity index (χ1) is 14.2. The normalized spacial score (nSPS) is 17.9. The number of hydrogen-bond acceptors (Lipinski definition) is 6. The van der Waals surface area contributed by atoms with Gasteiger partial charge < -0.3 is 29.9 Å². The second kappa shape index (κ2) is 11.1. The van der Waals surface area contributed by atoms with Gasteiger partial charge in [-0.25, -0.2) is 4.99 Å². The Balaban J connectivity index is 0.00000341. The maximum atomic E-state index is 10.7. The maximum Gasteiger partial charge on any atom is 0.192 e. The highest BCUT2D eigenvalue weighted by atomic mass is 127. The minimum atomic E-state index is -0.902. The van der Waals surface area contributed by atoms with Crippen LogP contribution in [0.2, 0.25) is 0 Å². The summed E-state index contributed by atoms with van der Waals surface area (Å²) < 4.78 is 7.70. The van der Waals surface area contributed by atoms with E-state index in [4.69, 9.17) is 9.73 Å². The lowest BCUT2D eigenvalue weighted by Gasteiger charge is -2.31. The van der Waals surface area contributed by atoms with Crippen LogP contribution in [-0.4, -0.2) is 70.1 Å². The fourth-order valence-corrected chi connectivity index (χ4v) is 3.56. The molecule has 31 heavy (non-hydrogen) atoms. The molecule has 0 aliphatic carbocycles. The van der Waals surface area contributed by atoms with Crippen molar-refractivity contribution in [3.8, 4) is 5.75 Å². The minimum absolute atomic E-state index is 0. The molecule has 0 saturated heterocycles.